The van der Waals surface area contributed by atoms with Crippen molar-refractivity contribution in [3.8, 4) is 10.8 Å². The quantitative estimate of drug-likeness (QED) is 0.916. The average molecular weight is 262 g/mol. The first-order valence-corrected chi connectivity index (χ1v) is 7.39. The molecule has 0 bridgehead atoms. The first-order valence-electron chi connectivity index (χ1n) is 6.57. The summed E-state index contributed by atoms with van der Waals surface area (Å²) in [6.07, 6.45) is 3.61. The van der Waals surface area contributed by atoms with E-state index in [0.717, 1.165) is 29.5 Å². The second kappa shape index (κ2) is 4.86. The highest BCUT2D eigenvalue weighted by atomic mass is 32.1. The Bertz CT molecular complexity index is 544. The van der Waals surface area contributed by atoms with E-state index >= 15 is 0 Å². The van der Waals surface area contributed by atoms with Gasteiger partial charge in [0.05, 0.1) is 11.7 Å². The van der Waals surface area contributed by atoms with Gasteiger partial charge in [-0.25, -0.2) is 4.98 Å². The highest BCUT2D eigenvalue weighted by Gasteiger charge is 2.24. The molecule has 1 atom stereocenters. The molecule has 1 aliphatic rings. The molecule has 1 aliphatic carbocycles. The third-order valence-electron chi connectivity index (χ3n) is 3.36. The van der Waals surface area contributed by atoms with Crippen molar-refractivity contribution in [3.63, 3.8) is 0 Å². The molecular weight excluding hydrogens is 244 g/mol. The third kappa shape index (κ3) is 2.10. The zero-order chi connectivity index (χ0) is 12.5. The molecule has 0 aromatic carbocycles. The van der Waals surface area contributed by atoms with Crippen molar-refractivity contribution in [2.45, 2.75) is 39.2 Å². The summed E-state index contributed by atoms with van der Waals surface area (Å²) in [7, 11) is 0. The fraction of sp³-hybridized carbons (Fsp3) is 0.500. The number of hydrogen-bond acceptors (Lipinski definition) is 4. The summed E-state index contributed by atoms with van der Waals surface area (Å²) in [5.41, 5.74) is 1.25. The highest BCUT2D eigenvalue weighted by molar-refractivity contribution is 7.15. The Labute approximate surface area is 111 Å². The lowest BCUT2D eigenvalue weighted by Crippen LogP contribution is -2.24. The summed E-state index contributed by atoms with van der Waals surface area (Å²) in [6.45, 7) is 5.12. The van der Waals surface area contributed by atoms with Crippen molar-refractivity contribution < 1.29 is 4.42 Å². The van der Waals surface area contributed by atoms with Gasteiger partial charge >= 0.3 is 0 Å². The zero-order valence-corrected chi connectivity index (χ0v) is 11.6. The average Bonchev–Trinajstić information content (AvgIpc) is 2.95. The summed E-state index contributed by atoms with van der Waals surface area (Å²) in [5, 5.41) is 4.55. The van der Waals surface area contributed by atoms with E-state index in [0.29, 0.717) is 6.04 Å². The van der Waals surface area contributed by atoms with Gasteiger partial charge in [0, 0.05) is 4.88 Å². The SMILES string of the molecule is CCNC1CCCc2sc(-c3ccc(C)o3)nc21. The zero-order valence-electron chi connectivity index (χ0n) is 10.8. The first-order chi connectivity index (χ1) is 8.78. The molecule has 3 nitrogen and oxygen atoms in total. The van der Waals surface area contributed by atoms with Crippen LogP contribution in [-0.4, -0.2) is 11.5 Å². The van der Waals surface area contributed by atoms with E-state index in [1.54, 1.807) is 11.3 Å². The van der Waals surface area contributed by atoms with Crippen molar-refractivity contribution in [1.82, 2.24) is 10.3 Å². The standard InChI is InChI=1S/C14H18N2OS/c1-3-15-10-5-4-6-12-13(10)16-14(18-12)11-8-7-9(2)17-11/h7-8,10,15H,3-6H2,1-2H3. The number of nitrogens with zero attached hydrogens (tertiary/aromatic N) is 1. The summed E-state index contributed by atoms with van der Waals surface area (Å²) in [6, 6.07) is 4.44. The summed E-state index contributed by atoms with van der Waals surface area (Å²) in [5.74, 6) is 1.85. The molecular formula is C14H18N2OS. The molecule has 3 rings (SSSR count). The molecule has 0 amide bonds. The van der Waals surface area contributed by atoms with Gasteiger partial charge in [0.15, 0.2) is 10.8 Å². The molecule has 2 aromatic rings. The predicted molar refractivity (Wildman–Crippen MR) is 73.9 cm³/mol. The number of furan rings is 1. The molecule has 0 aliphatic heterocycles. The molecule has 0 spiro atoms. The van der Waals surface area contributed by atoms with E-state index in [1.165, 1.54) is 23.4 Å². The van der Waals surface area contributed by atoms with Gasteiger partial charge in [0.2, 0.25) is 0 Å². The summed E-state index contributed by atoms with van der Waals surface area (Å²) < 4.78 is 5.67. The molecule has 0 radical (unpaired) electrons. The van der Waals surface area contributed by atoms with Crippen LogP contribution in [0.4, 0.5) is 0 Å². The molecule has 2 heterocycles. The molecule has 0 fully saturated rings. The minimum absolute atomic E-state index is 0.430. The Morgan fingerprint density at radius 1 is 1.50 bits per heavy atom. The number of nitrogens with one attached hydrogen (secondary N) is 1. The van der Waals surface area contributed by atoms with Gasteiger partial charge in [-0.2, -0.15) is 0 Å². The van der Waals surface area contributed by atoms with Gasteiger partial charge in [-0.3, -0.25) is 0 Å². The van der Waals surface area contributed by atoms with Crippen molar-refractivity contribution in [2.75, 3.05) is 6.54 Å². The predicted octanol–water partition coefficient (Wildman–Crippen LogP) is 3.70. The van der Waals surface area contributed by atoms with Crippen molar-refractivity contribution in [1.29, 1.82) is 0 Å². The highest BCUT2D eigenvalue weighted by Crippen LogP contribution is 2.37. The van der Waals surface area contributed by atoms with Crippen LogP contribution in [-0.2, 0) is 6.42 Å². The van der Waals surface area contributed by atoms with Gasteiger partial charge < -0.3 is 9.73 Å². The summed E-state index contributed by atoms with van der Waals surface area (Å²) in [4.78, 5) is 6.22. The number of fused-ring (bicyclic) bond motifs is 1. The minimum Gasteiger partial charge on any atom is -0.459 e. The Kier molecular flexibility index (Phi) is 3.22. The van der Waals surface area contributed by atoms with E-state index in [2.05, 4.69) is 12.2 Å². The van der Waals surface area contributed by atoms with Crippen LogP contribution < -0.4 is 5.32 Å². The molecule has 18 heavy (non-hydrogen) atoms. The van der Waals surface area contributed by atoms with Crippen LogP contribution in [0.3, 0.4) is 0 Å². The van der Waals surface area contributed by atoms with Gasteiger partial charge in [0.1, 0.15) is 5.76 Å². The van der Waals surface area contributed by atoms with E-state index in [-0.39, 0.29) is 0 Å². The molecule has 1 unspecified atom stereocenters. The van der Waals surface area contributed by atoms with Crippen molar-refractivity contribution in [3.05, 3.63) is 28.5 Å². The maximum Gasteiger partial charge on any atom is 0.162 e. The number of hydrogen-bond donors (Lipinski definition) is 1. The van der Waals surface area contributed by atoms with Crippen LogP contribution in [0.25, 0.3) is 10.8 Å². The van der Waals surface area contributed by atoms with Gasteiger partial charge in [-0.1, -0.05) is 6.92 Å². The third-order valence-corrected chi connectivity index (χ3v) is 4.50. The second-order valence-electron chi connectivity index (χ2n) is 4.74. The van der Waals surface area contributed by atoms with Crippen LogP contribution in [0, 0.1) is 6.92 Å². The van der Waals surface area contributed by atoms with E-state index in [9.17, 15) is 0 Å². The Morgan fingerprint density at radius 3 is 3.11 bits per heavy atom. The fourth-order valence-corrected chi connectivity index (χ4v) is 3.64. The molecule has 0 saturated heterocycles. The largest absolute Gasteiger partial charge is 0.459 e. The van der Waals surface area contributed by atoms with Crippen molar-refractivity contribution in [2.24, 2.45) is 0 Å². The number of rotatable bonds is 3. The molecule has 1 N–H and O–H groups in total. The maximum absolute atomic E-state index is 5.67. The van der Waals surface area contributed by atoms with E-state index in [1.807, 2.05) is 19.1 Å². The first kappa shape index (κ1) is 11.9. The van der Waals surface area contributed by atoms with Gasteiger partial charge in [-0.05, 0) is 44.9 Å². The van der Waals surface area contributed by atoms with E-state index < -0.39 is 0 Å². The number of aryl methyl sites for hydroxylation is 2. The normalized spacial score (nSPS) is 18.9. The molecule has 0 saturated carbocycles. The minimum atomic E-state index is 0.430. The monoisotopic (exact) mass is 262 g/mol. The van der Waals surface area contributed by atoms with Crippen LogP contribution in [0.5, 0.6) is 0 Å². The second-order valence-corrected chi connectivity index (χ2v) is 5.82. The Morgan fingerprint density at radius 2 is 2.39 bits per heavy atom. The fourth-order valence-electron chi connectivity index (χ4n) is 2.52. The maximum atomic E-state index is 5.67. The smallest absolute Gasteiger partial charge is 0.162 e. The molecule has 96 valence electrons. The lowest BCUT2D eigenvalue weighted by molar-refractivity contribution is 0.465. The lowest BCUT2D eigenvalue weighted by atomic mass is 9.98. The molecule has 4 heteroatoms. The topological polar surface area (TPSA) is 38.1 Å². The molecule has 2 aromatic heterocycles. The Hall–Kier alpha value is -1.13. The number of thiazole rings is 1. The van der Waals surface area contributed by atoms with Crippen molar-refractivity contribution >= 4 is 11.3 Å². The summed E-state index contributed by atoms with van der Waals surface area (Å²) >= 11 is 1.79. The van der Waals surface area contributed by atoms with Gasteiger partial charge in [0.25, 0.3) is 0 Å². The Balaban J connectivity index is 1.95. The van der Waals surface area contributed by atoms with Crippen LogP contribution in [0.2, 0.25) is 0 Å². The van der Waals surface area contributed by atoms with Crippen LogP contribution >= 0.6 is 11.3 Å². The number of aromatic nitrogens is 1. The van der Waals surface area contributed by atoms with Crippen LogP contribution in [0.1, 0.15) is 42.1 Å². The lowest BCUT2D eigenvalue weighted by Gasteiger charge is -2.21. The van der Waals surface area contributed by atoms with Crippen LogP contribution in [0.15, 0.2) is 16.5 Å². The van der Waals surface area contributed by atoms with Gasteiger partial charge in [-0.15, -0.1) is 11.3 Å². The van der Waals surface area contributed by atoms with E-state index in [4.69, 9.17) is 9.40 Å².